The van der Waals surface area contributed by atoms with Gasteiger partial charge < -0.3 is 9.80 Å². The van der Waals surface area contributed by atoms with Crippen molar-refractivity contribution < 1.29 is 4.79 Å². The zero-order valence-corrected chi connectivity index (χ0v) is 7.62. The molecule has 1 aliphatic heterocycles. The zero-order valence-electron chi connectivity index (χ0n) is 7.62. The van der Waals surface area contributed by atoms with E-state index in [-0.39, 0.29) is 6.03 Å². The number of nitrogens with zero attached hydrogens (tertiary/aromatic N) is 2. The van der Waals surface area contributed by atoms with Crippen molar-refractivity contribution in [2.75, 3.05) is 20.1 Å². The van der Waals surface area contributed by atoms with Gasteiger partial charge in [0.2, 0.25) is 0 Å². The number of rotatable bonds is 1. The highest BCUT2D eigenvalue weighted by Gasteiger charge is 2.32. The van der Waals surface area contributed by atoms with E-state index in [1.165, 1.54) is 25.7 Å². The Morgan fingerprint density at radius 1 is 1.25 bits per heavy atom. The second-order valence-corrected chi connectivity index (χ2v) is 3.84. The summed E-state index contributed by atoms with van der Waals surface area (Å²) in [7, 11) is 1.89. The van der Waals surface area contributed by atoms with Gasteiger partial charge in [-0.2, -0.15) is 0 Å². The van der Waals surface area contributed by atoms with Crippen LogP contribution in [-0.2, 0) is 0 Å². The minimum Gasteiger partial charge on any atom is -0.326 e. The first-order chi connectivity index (χ1) is 5.79. The van der Waals surface area contributed by atoms with Gasteiger partial charge in [-0.15, -0.1) is 0 Å². The molecule has 1 aliphatic carbocycles. The van der Waals surface area contributed by atoms with Crippen molar-refractivity contribution in [3.05, 3.63) is 0 Å². The number of carbonyl (C=O) groups is 1. The maximum Gasteiger partial charge on any atom is 0.320 e. The molecule has 1 heterocycles. The first-order valence-corrected chi connectivity index (χ1v) is 4.81. The Hall–Kier alpha value is -0.730. The first-order valence-electron chi connectivity index (χ1n) is 4.81. The van der Waals surface area contributed by atoms with Crippen LogP contribution in [0.15, 0.2) is 0 Å². The van der Waals surface area contributed by atoms with Gasteiger partial charge in [-0.3, -0.25) is 0 Å². The summed E-state index contributed by atoms with van der Waals surface area (Å²) in [5.41, 5.74) is 0. The summed E-state index contributed by atoms with van der Waals surface area (Å²) in [5, 5.41) is 0. The third kappa shape index (κ3) is 1.17. The lowest BCUT2D eigenvalue weighted by atomic mass is 10.2. The molecule has 2 fully saturated rings. The lowest BCUT2D eigenvalue weighted by molar-refractivity contribution is 0.183. The lowest BCUT2D eigenvalue weighted by Gasteiger charge is -2.22. The van der Waals surface area contributed by atoms with Crippen LogP contribution in [0.5, 0.6) is 0 Å². The molecule has 0 unspecified atom stereocenters. The molecule has 68 valence electrons. The van der Waals surface area contributed by atoms with Gasteiger partial charge in [0, 0.05) is 26.2 Å². The Kier molecular flexibility index (Phi) is 1.95. The third-order valence-corrected chi connectivity index (χ3v) is 3.01. The van der Waals surface area contributed by atoms with Crippen LogP contribution in [0.2, 0.25) is 0 Å². The van der Waals surface area contributed by atoms with Crippen LogP contribution >= 0.6 is 0 Å². The maximum atomic E-state index is 11.5. The minimum absolute atomic E-state index is 0.238. The average molecular weight is 168 g/mol. The van der Waals surface area contributed by atoms with Crippen molar-refractivity contribution in [1.29, 1.82) is 0 Å². The van der Waals surface area contributed by atoms with E-state index in [4.69, 9.17) is 0 Å². The van der Waals surface area contributed by atoms with Gasteiger partial charge in [-0.1, -0.05) is 12.8 Å². The van der Waals surface area contributed by atoms with Gasteiger partial charge >= 0.3 is 6.03 Å². The molecule has 0 bridgehead atoms. The Morgan fingerprint density at radius 3 is 2.42 bits per heavy atom. The molecule has 0 N–H and O–H groups in total. The largest absolute Gasteiger partial charge is 0.326 e. The second kappa shape index (κ2) is 2.96. The molecule has 0 aromatic rings. The number of amides is 2. The normalized spacial score (nSPS) is 25.9. The van der Waals surface area contributed by atoms with Gasteiger partial charge in [-0.25, -0.2) is 4.79 Å². The second-order valence-electron chi connectivity index (χ2n) is 3.84. The van der Waals surface area contributed by atoms with Crippen molar-refractivity contribution in [2.45, 2.75) is 31.7 Å². The summed E-state index contributed by atoms with van der Waals surface area (Å²) in [6.45, 7) is 1.86. The molecule has 1 saturated heterocycles. The fourth-order valence-electron chi connectivity index (χ4n) is 2.22. The smallest absolute Gasteiger partial charge is 0.320 e. The lowest BCUT2D eigenvalue weighted by Crippen LogP contribution is -2.36. The van der Waals surface area contributed by atoms with Gasteiger partial charge in [0.1, 0.15) is 0 Å². The highest BCUT2D eigenvalue weighted by atomic mass is 16.2. The van der Waals surface area contributed by atoms with Crippen LogP contribution in [0.1, 0.15) is 25.7 Å². The topological polar surface area (TPSA) is 23.6 Å². The van der Waals surface area contributed by atoms with Crippen LogP contribution in [0.4, 0.5) is 4.79 Å². The molecule has 3 heteroatoms. The predicted molar refractivity (Wildman–Crippen MR) is 47.0 cm³/mol. The van der Waals surface area contributed by atoms with E-state index in [9.17, 15) is 4.79 Å². The van der Waals surface area contributed by atoms with E-state index in [0.29, 0.717) is 6.04 Å². The zero-order chi connectivity index (χ0) is 8.55. The van der Waals surface area contributed by atoms with Crippen LogP contribution in [0, 0.1) is 0 Å². The molecular formula is C9H16N2O. The summed E-state index contributed by atoms with van der Waals surface area (Å²) in [5.74, 6) is 0. The molecule has 0 aromatic carbocycles. The van der Waals surface area contributed by atoms with Gasteiger partial charge in [0.25, 0.3) is 0 Å². The van der Waals surface area contributed by atoms with Gasteiger partial charge in [-0.05, 0) is 12.8 Å². The minimum atomic E-state index is 0.238. The molecular weight excluding hydrogens is 152 g/mol. The molecule has 0 radical (unpaired) electrons. The highest BCUT2D eigenvalue weighted by molar-refractivity contribution is 5.76. The third-order valence-electron chi connectivity index (χ3n) is 3.01. The highest BCUT2D eigenvalue weighted by Crippen LogP contribution is 2.25. The Labute approximate surface area is 73.3 Å². The van der Waals surface area contributed by atoms with Crippen molar-refractivity contribution in [3.8, 4) is 0 Å². The van der Waals surface area contributed by atoms with Crippen molar-refractivity contribution in [1.82, 2.24) is 9.80 Å². The first kappa shape index (κ1) is 7.90. The Bertz CT molecular complexity index is 187. The fourth-order valence-corrected chi connectivity index (χ4v) is 2.22. The van der Waals surface area contributed by atoms with Crippen LogP contribution in [-0.4, -0.2) is 42.0 Å². The van der Waals surface area contributed by atoms with E-state index in [2.05, 4.69) is 0 Å². The Morgan fingerprint density at radius 2 is 1.92 bits per heavy atom. The molecule has 2 aliphatic rings. The van der Waals surface area contributed by atoms with Gasteiger partial charge in [0.15, 0.2) is 0 Å². The molecule has 0 aromatic heterocycles. The summed E-state index contributed by atoms with van der Waals surface area (Å²) in [6, 6.07) is 0.796. The number of likely N-dealkylation sites (N-methyl/N-ethyl adjacent to an activating group) is 1. The van der Waals surface area contributed by atoms with Crippen LogP contribution in [0.25, 0.3) is 0 Å². The number of carbonyl (C=O) groups excluding carboxylic acids is 1. The van der Waals surface area contributed by atoms with E-state index < -0.39 is 0 Å². The van der Waals surface area contributed by atoms with Gasteiger partial charge in [0.05, 0.1) is 0 Å². The molecule has 2 amide bonds. The summed E-state index contributed by atoms with van der Waals surface area (Å²) < 4.78 is 0. The SMILES string of the molecule is CN1CCN(C2CCCC2)C1=O. The average Bonchev–Trinajstić information content (AvgIpc) is 2.64. The standard InChI is InChI=1S/C9H16N2O/c1-10-6-7-11(9(10)12)8-4-2-3-5-8/h8H,2-7H2,1H3. The Balaban J connectivity index is 1.99. The van der Waals surface area contributed by atoms with E-state index in [1.807, 2.05) is 16.8 Å². The van der Waals surface area contributed by atoms with Crippen molar-refractivity contribution in [2.24, 2.45) is 0 Å². The van der Waals surface area contributed by atoms with E-state index in [1.54, 1.807) is 0 Å². The summed E-state index contributed by atoms with van der Waals surface area (Å²) in [6.07, 6.45) is 5.05. The van der Waals surface area contributed by atoms with E-state index >= 15 is 0 Å². The molecule has 12 heavy (non-hydrogen) atoms. The molecule has 2 rings (SSSR count). The molecule has 3 nitrogen and oxygen atoms in total. The van der Waals surface area contributed by atoms with Crippen molar-refractivity contribution in [3.63, 3.8) is 0 Å². The summed E-state index contributed by atoms with van der Waals surface area (Å²) >= 11 is 0. The van der Waals surface area contributed by atoms with E-state index in [0.717, 1.165) is 13.1 Å². The monoisotopic (exact) mass is 168 g/mol. The quantitative estimate of drug-likeness (QED) is 0.579. The predicted octanol–water partition coefficient (Wildman–Crippen LogP) is 1.30. The molecule has 0 atom stereocenters. The maximum absolute atomic E-state index is 11.5. The number of hydrogen-bond acceptors (Lipinski definition) is 1. The van der Waals surface area contributed by atoms with Crippen LogP contribution < -0.4 is 0 Å². The number of hydrogen-bond donors (Lipinski definition) is 0. The molecule has 0 spiro atoms. The summed E-state index contributed by atoms with van der Waals surface area (Å²) in [4.78, 5) is 15.4. The van der Waals surface area contributed by atoms with Crippen LogP contribution in [0.3, 0.4) is 0 Å². The molecule has 1 saturated carbocycles. The fraction of sp³-hybridized carbons (Fsp3) is 0.889. The van der Waals surface area contributed by atoms with Crippen molar-refractivity contribution >= 4 is 6.03 Å². The number of urea groups is 1.